The molecule has 0 bridgehead atoms. The molecule has 0 radical (unpaired) electrons. The fourth-order valence-corrected chi connectivity index (χ4v) is 5.00. The third kappa shape index (κ3) is 4.58. The van der Waals surface area contributed by atoms with Gasteiger partial charge in [-0.25, -0.2) is 4.98 Å². The molecule has 3 N–H and O–H groups in total. The average molecular weight is 449 g/mol. The molecule has 0 spiro atoms. The number of primary amides is 1. The lowest BCUT2D eigenvalue weighted by molar-refractivity contribution is 0.0847. The summed E-state index contributed by atoms with van der Waals surface area (Å²) in [6, 6.07) is 10.6. The number of benzene rings is 1. The van der Waals surface area contributed by atoms with Crippen LogP contribution in [-0.4, -0.2) is 28.9 Å². The third-order valence-electron chi connectivity index (χ3n) is 5.76. The third-order valence-corrected chi connectivity index (χ3v) is 6.79. The molecular formula is C24H24N4O3S. The predicted molar refractivity (Wildman–Crippen MR) is 123 cm³/mol. The van der Waals surface area contributed by atoms with E-state index in [2.05, 4.69) is 10.3 Å². The maximum atomic E-state index is 12.4. The number of carbonyl (C=O) groups excluding carboxylic acids is 2. The molecule has 8 heteroatoms. The van der Waals surface area contributed by atoms with Crippen LogP contribution < -0.4 is 15.8 Å². The number of rotatable bonds is 7. The van der Waals surface area contributed by atoms with E-state index in [1.807, 2.05) is 25.3 Å². The summed E-state index contributed by atoms with van der Waals surface area (Å²) in [4.78, 5) is 28.9. The topological polar surface area (TPSA) is 118 Å². The van der Waals surface area contributed by atoms with E-state index in [-0.39, 0.29) is 23.9 Å². The number of fused-ring (bicyclic) bond motifs is 1. The summed E-state index contributed by atoms with van der Waals surface area (Å²) in [7, 11) is 0. The second-order valence-electron chi connectivity index (χ2n) is 8.34. The van der Waals surface area contributed by atoms with Gasteiger partial charge in [0.2, 0.25) is 5.88 Å². The number of ether oxygens (including phenoxy) is 1. The molecule has 0 saturated heterocycles. The molecule has 1 saturated carbocycles. The quantitative estimate of drug-likeness (QED) is 0.567. The highest BCUT2D eigenvalue weighted by atomic mass is 32.1. The van der Waals surface area contributed by atoms with Crippen molar-refractivity contribution in [3.8, 4) is 11.9 Å². The summed E-state index contributed by atoms with van der Waals surface area (Å²) in [5, 5.41) is 14.0. The van der Waals surface area contributed by atoms with E-state index in [1.54, 1.807) is 30.3 Å². The van der Waals surface area contributed by atoms with E-state index in [9.17, 15) is 9.59 Å². The van der Waals surface area contributed by atoms with Crippen LogP contribution in [0.15, 0.2) is 35.7 Å². The fourth-order valence-electron chi connectivity index (χ4n) is 4.08. The van der Waals surface area contributed by atoms with Gasteiger partial charge in [0, 0.05) is 11.6 Å². The van der Waals surface area contributed by atoms with Crippen LogP contribution in [-0.2, 0) is 0 Å². The molecular weight excluding hydrogens is 424 g/mol. The molecule has 2 amide bonds. The van der Waals surface area contributed by atoms with Crippen molar-refractivity contribution in [2.75, 3.05) is 0 Å². The van der Waals surface area contributed by atoms with E-state index >= 15 is 0 Å². The lowest BCUT2D eigenvalue weighted by atomic mass is 9.77. The number of thiophene rings is 1. The monoisotopic (exact) mass is 448 g/mol. The lowest BCUT2D eigenvalue weighted by Crippen LogP contribution is -2.45. The van der Waals surface area contributed by atoms with Gasteiger partial charge in [-0.15, -0.1) is 11.3 Å². The summed E-state index contributed by atoms with van der Waals surface area (Å²) in [5.74, 6) is -0.0333. The zero-order valence-electron chi connectivity index (χ0n) is 17.9. The molecule has 0 aliphatic heterocycles. The van der Waals surface area contributed by atoms with Crippen molar-refractivity contribution in [1.82, 2.24) is 10.3 Å². The molecule has 1 atom stereocenters. The minimum Gasteiger partial charge on any atom is -0.474 e. The number of hydrogen-bond acceptors (Lipinski definition) is 6. The molecule has 32 heavy (non-hydrogen) atoms. The van der Waals surface area contributed by atoms with Crippen LogP contribution in [0.3, 0.4) is 0 Å². The molecule has 2 heterocycles. The largest absolute Gasteiger partial charge is 0.474 e. The molecule has 2 aromatic heterocycles. The highest BCUT2D eigenvalue weighted by Gasteiger charge is 2.32. The minimum absolute atomic E-state index is 0.106. The van der Waals surface area contributed by atoms with Gasteiger partial charge in [0.15, 0.2) is 0 Å². The molecule has 164 valence electrons. The maximum absolute atomic E-state index is 12.4. The second-order valence-corrected chi connectivity index (χ2v) is 9.25. The van der Waals surface area contributed by atoms with E-state index in [0.717, 1.165) is 35.0 Å². The zero-order valence-corrected chi connectivity index (χ0v) is 18.7. The Balaban J connectivity index is 1.32. The Bertz CT molecular complexity index is 1220. The highest BCUT2D eigenvalue weighted by Crippen LogP contribution is 2.34. The van der Waals surface area contributed by atoms with Crippen molar-refractivity contribution in [2.24, 2.45) is 11.7 Å². The number of aromatic nitrogens is 1. The van der Waals surface area contributed by atoms with E-state index in [1.165, 1.54) is 11.3 Å². The number of nitrogens with two attached hydrogens (primary N) is 1. The Hall–Kier alpha value is -3.44. The first-order chi connectivity index (χ1) is 15.3. The van der Waals surface area contributed by atoms with Crippen LogP contribution in [0, 0.1) is 24.2 Å². The van der Waals surface area contributed by atoms with E-state index < -0.39 is 5.91 Å². The Morgan fingerprint density at radius 2 is 2.16 bits per heavy atom. The number of hydrogen-bond donors (Lipinski definition) is 2. The van der Waals surface area contributed by atoms with E-state index in [0.29, 0.717) is 22.6 Å². The number of aryl methyl sites for hydroxylation is 1. The average Bonchev–Trinajstić information content (AvgIpc) is 3.11. The summed E-state index contributed by atoms with van der Waals surface area (Å²) >= 11 is 1.53. The first-order valence-corrected chi connectivity index (χ1v) is 11.4. The van der Waals surface area contributed by atoms with E-state index in [4.69, 9.17) is 15.7 Å². The number of carbonyl (C=O) groups is 2. The van der Waals surface area contributed by atoms with Gasteiger partial charge in [-0.2, -0.15) is 5.26 Å². The molecule has 3 aromatic rings. The normalized spacial score (nSPS) is 18.4. The number of nitrogens with one attached hydrogen (secondary N) is 1. The number of amides is 2. The lowest BCUT2D eigenvalue weighted by Gasteiger charge is -2.37. The molecule has 1 aliphatic rings. The highest BCUT2D eigenvalue weighted by molar-refractivity contribution is 7.17. The van der Waals surface area contributed by atoms with Crippen LogP contribution in [0.1, 0.15) is 58.0 Å². The number of pyridine rings is 1. The molecule has 4 rings (SSSR count). The van der Waals surface area contributed by atoms with Gasteiger partial charge in [-0.3, -0.25) is 9.59 Å². The van der Waals surface area contributed by atoms with Crippen LogP contribution in [0.5, 0.6) is 5.88 Å². The van der Waals surface area contributed by atoms with Gasteiger partial charge in [0.05, 0.1) is 28.0 Å². The van der Waals surface area contributed by atoms with Gasteiger partial charge in [-0.1, -0.05) is 6.07 Å². The van der Waals surface area contributed by atoms with Crippen LogP contribution >= 0.6 is 11.3 Å². The zero-order chi connectivity index (χ0) is 22.8. The Kier molecular flexibility index (Phi) is 6.10. The van der Waals surface area contributed by atoms with Gasteiger partial charge < -0.3 is 15.8 Å². The Morgan fingerprint density at radius 1 is 1.38 bits per heavy atom. The molecule has 1 fully saturated rings. The Labute approximate surface area is 190 Å². The van der Waals surface area contributed by atoms with Crippen LogP contribution in [0.2, 0.25) is 0 Å². The van der Waals surface area contributed by atoms with Gasteiger partial charge in [0.25, 0.3) is 11.8 Å². The van der Waals surface area contributed by atoms with Crippen LogP contribution in [0.25, 0.3) is 10.2 Å². The maximum Gasteiger partial charge on any atom is 0.254 e. The summed E-state index contributed by atoms with van der Waals surface area (Å²) < 4.78 is 6.94. The van der Waals surface area contributed by atoms with Crippen molar-refractivity contribution in [3.05, 3.63) is 58.0 Å². The van der Waals surface area contributed by atoms with Crippen molar-refractivity contribution in [1.29, 1.82) is 5.26 Å². The van der Waals surface area contributed by atoms with Crippen molar-refractivity contribution >= 4 is 33.4 Å². The number of nitriles is 1. The van der Waals surface area contributed by atoms with Crippen LogP contribution in [0.4, 0.5) is 0 Å². The summed E-state index contributed by atoms with van der Waals surface area (Å²) in [6.07, 6.45) is 2.36. The molecule has 1 aliphatic carbocycles. The first-order valence-electron chi connectivity index (χ1n) is 10.5. The molecule has 0 unspecified atom stereocenters. The molecule has 7 nitrogen and oxygen atoms in total. The molecule has 1 aromatic carbocycles. The van der Waals surface area contributed by atoms with Gasteiger partial charge >= 0.3 is 0 Å². The smallest absolute Gasteiger partial charge is 0.254 e. The first kappa shape index (κ1) is 21.8. The standard InChI is InChI=1S/C24H24N4O3S/c1-13-12-32-20-10-19(22(26)29)24(28-21(13)20)31-14(2)6-16-8-18(9-16)27-23(30)17-5-3-4-15(7-17)11-25/h3-5,7,10,12,14,16,18H,6,8-9H2,1-2H3,(H2,26,29)(H,27,30)/t14-,16?,18?/m0/s1. The summed E-state index contributed by atoms with van der Waals surface area (Å²) in [6.45, 7) is 3.93. The predicted octanol–water partition coefficient (Wildman–Crippen LogP) is 3.94. The number of nitrogens with zero attached hydrogens (tertiary/aromatic N) is 2. The van der Waals surface area contributed by atoms with Crippen molar-refractivity contribution in [3.63, 3.8) is 0 Å². The minimum atomic E-state index is -0.556. The second kappa shape index (κ2) is 8.97. The van der Waals surface area contributed by atoms with Gasteiger partial charge in [0.1, 0.15) is 5.56 Å². The van der Waals surface area contributed by atoms with Crippen molar-refractivity contribution < 1.29 is 14.3 Å². The summed E-state index contributed by atoms with van der Waals surface area (Å²) in [5.41, 5.74) is 8.67. The van der Waals surface area contributed by atoms with Crippen molar-refractivity contribution in [2.45, 2.75) is 45.3 Å². The van der Waals surface area contributed by atoms with Gasteiger partial charge in [-0.05, 0) is 74.2 Å². The Morgan fingerprint density at radius 3 is 2.88 bits per heavy atom. The SMILES string of the molecule is Cc1csc2cc(C(N)=O)c(O[C@@H](C)CC3CC(NC(=O)c4cccc(C#N)c4)C3)nc12. The fraction of sp³-hybridized carbons (Fsp3) is 0.333.